The lowest BCUT2D eigenvalue weighted by Gasteiger charge is -2.12. The van der Waals surface area contributed by atoms with Gasteiger partial charge in [-0.3, -0.25) is 4.21 Å². The van der Waals surface area contributed by atoms with Gasteiger partial charge in [-0.25, -0.2) is 4.98 Å². The second-order valence-corrected chi connectivity index (χ2v) is 6.14. The molecule has 6 nitrogen and oxygen atoms in total. The van der Waals surface area contributed by atoms with Crippen LogP contribution < -0.4 is 5.73 Å². The normalized spacial score (nSPS) is 12.3. The first-order valence-corrected chi connectivity index (χ1v) is 7.92. The van der Waals surface area contributed by atoms with E-state index in [1.54, 1.807) is 30.5 Å². The summed E-state index contributed by atoms with van der Waals surface area (Å²) in [6, 6.07) is 8.53. The molecule has 118 valence electrons. The van der Waals surface area contributed by atoms with Crippen LogP contribution in [0.3, 0.4) is 0 Å². The Kier molecular flexibility index (Phi) is 3.97. The van der Waals surface area contributed by atoms with Crippen LogP contribution in [0, 0.1) is 13.8 Å². The Morgan fingerprint density at radius 3 is 2.61 bits per heavy atom. The second kappa shape index (κ2) is 5.94. The largest absolute Gasteiger partial charge is 0.768 e. The molecule has 7 heteroatoms. The molecule has 2 aromatic heterocycles. The van der Waals surface area contributed by atoms with Gasteiger partial charge in [-0.1, -0.05) is 11.2 Å². The number of nitrogens with two attached hydrogens (primary N) is 1. The summed E-state index contributed by atoms with van der Waals surface area (Å²) < 4.78 is 27.6. The number of aryl methyl sites for hydroxylation is 2. The average molecular weight is 328 g/mol. The fourth-order valence-corrected chi connectivity index (χ4v) is 2.72. The van der Waals surface area contributed by atoms with Crippen molar-refractivity contribution in [3.63, 3.8) is 0 Å². The van der Waals surface area contributed by atoms with E-state index < -0.39 is 11.1 Å². The lowest BCUT2D eigenvalue weighted by atomic mass is 10.00. The molecule has 0 saturated carbocycles. The lowest BCUT2D eigenvalue weighted by molar-refractivity contribution is 0.427. The van der Waals surface area contributed by atoms with Crippen LogP contribution in [-0.2, 0) is 11.1 Å². The maximum absolute atomic E-state index is 11.2. The Bertz CT molecular complexity index is 905. The van der Waals surface area contributed by atoms with Crippen molar-refractivity contribution in [3.05, 3.63) is 47.8 Å². The predicted molar refractivity (Wildman–Crippen MR) is 86.2 cm³/mol. The van der Waals surface area contributed by atoms with Gasteiger partial charge in [0.1, 0.15) is 5.82 Å². The van der Waals surface area contributed by atoms with Crippen molar-refractivity contribution in [1.82, 2.24) is 10.1 Å². The summed E-state index contributed by atoms with van der Waals surface area (Å²) in [5, 5.41) is 3.85. The van der Waals surface area contributed by atoms with E-state index in [0.717, 1.165) is 22.4 Å². The van der Waals surface area contributed by atoms with Crippen molar-refractivity contribution in [2.75, 3.05) is 5.73 Å². The zero-order valence-electron chi connectivity index (χ0n) is 12.6. The molecule has 0 saturated heterocycles. The number of aromatic nitrogens is 2. The summed E-state index contributed by atoms with van der Waals surface area (Å²) in [6.07, 6.45) is 1.61. The molecule has 2 N–H and O–H groups in total. The Morgan fingerprint density at radius 1 is 1.17 bits per heavy atom. The average Bonchev–Trinajstić information content (AvgIpc) is 2.94. The van der Waals surface area contributed by atoms with Crippen LogP contribution in [0.4, 0.5) is 5.82 Å². The molecule has 2 heterocycles. The highest BCUT2D eigenvalue weighted by Gasteiger charge is 2.13. The van der Waals surface area contributed by atoms with Crippen LogP contribution in [0.1, 0.15) is 11.3 Å². The summed E-state index contributed by atoms with van der Waals surface area (Å²) in [5.41, 5.74) is 9.76. The number of hydrogen-bond acceptors (Lipinski definition) is 6. The summed E-state index contributed by atoms with van der Waals surface area (Å²) in [5.74, 6) is 0.849. The fourth-order valence-electron chi connectivity index (χ4n) is 2.33. The van der Waals surface area contributed by atoms with Crippen LogP contribution in [0.15, 0.2) is 45.9 Å². The molecule has 0 aliphatic rings. The van der Waals surface area contributed by atoms with Gasteiger partial charge in [0.2, 0.25) is 0 Å². The van der Waals surface area contributed by atoms with Gasteiger partial charge in [-0.05, 0) is 54.3 Å². The standard InChI is InChI=1S/C16H15N3O3S/c1-9-3-4-12(23(20)21)7-13(9)11-6-14(16(17)18-8-11)15-5-10(2)19-22-15/h3-8H,1-2H3,(H2,17,18)(H,20,21)/p-1. The van der Waals surface area contributed by atoms with E-state index in [9.17, 15) is 8.76 Å². The number of pyridine rings is 1. The number of nitrogen functional groups attached to an aromatic ring is 1. The van der Waals surface area contributed by atoms with Crippen LogP contribution in [0.2, 0.25) is 0 Å². The van der Waals surface area contributed by atoms with E-state index in [1.165, 1.54) is 0 Å². The third-order valence-electron chi connectivity index (χ3n) is 3.52. The Hall–Kier alpha value is -2.51. The topological polar surface area (TPSA) is 105 Å². The summed E-state index contributed by atoms with van der Waals surface area (Å²) in [4.78, 5) is 4.41. The van der Waals surface area contributed by atoms with Gasteiger partial charge < -0.3 is 14.8 Å². The highest BCUT2D eigenvalue weighted by molar-refractivity contribution is 7.79. The van der Waals surface area contributed by atoms with Crippen molar-refractivity contribution < 1.29 is 13.3 Å². The quantitative estimate of drug-likeness (QED) is 0.741. The van der Waals surface area contributed by atoms with Crippen LogP contribution >= 0.6 is 0 Å². The molecule has 1 atom stereocenters. The van der Waals surface area contributed by atoms with Crippen molar-refractivity contribution in [1.29, 1.82) is 0 Å². The van der Waals surface area contributed by atoms with E-state index in [2.05, 4.69) is 10.1 Å². The summed E-state index contributed by atoms with van der Waals surface area (Å²) in [7, 11) is 0. The zero-order chi connectivity index (χ0) is 16.6. The summed E-state index contributed by atoms with van der Waals surface area (Å²) >= 11 is -2.29. The molecule has 1 aromatic carbocycles. The minimum Gasteiger partial charge on any atom is -0.768 e. The van der Waals surface area contributed by atoms with Crippen LogP contribution in [0.25, 0.3) is 22.5 Å². The van der Waals surface area contributed by atoms with Crippen LogP contribution in [0.5, 0.6) is 0 Å². The molecule has 1 unspecified atom stereocenters. The van der Waals surface area contributed by atoms with Gasteiger partial charge in [-0.2, -0.15) is 0 Å². The molecular weight excluding hydrogens is 314 g/mol. The fraction of sp³-hybridized carbons (Fsp3) is 0.125. The number of rotatable bonds is 3. The highest BCUT2D eigenvalue weighted by Crippen LogP contribution is 2.32. The maximum Gasteiger partial charge on any atom is 0.170 e. The minimum absolute atomic E-state index is 0.222. The second-order valence-electron chi connectivity index (χ2n) is 5.20. The van der Waals surface area contributed by atoms with Gasteiger partial charge in [0.15, 0.2) is 5.76 Å². The Morgan fingerprint density at radius 2 is 1.96 bits per heavy atom. The van der Waals surface area contributed by atoms with Gasteiger partial charge in [0.05, 0.1) is 11.3 Å². The van der Waals surface area contributed by atoms with Gasteiger partial charge in [0.25, 0.3) is 0 Å². The van der Waals surface area contributed by atoms with Crippen LogP contribution in [-0.4, -0.2) is 18.9 Å². The van der Waals surface area contributed by atoms with E-state index in [0.29, 0.717) is 17.1 Å². The number of nitrogens with zero attached hydrogens (tertiary/aromatic N) is 2. The van der Waals surface area contributed by atoms with E-state index in [4.69, 9.17) is 10.3 Å². The predicted octanol–water partition coefficient (Wildman–Crippen LogP) is 2.84. The van der Waals surface area contributed by atoms with E-state index in [1.807, 2.05) is 19.9 Å². The molecule has 3 rings (SSSR count). The first-order valence-electron chi connectivity index (χ1n) is 6.85. The molecule has 0 amide bonds. The van der Waals surface area contributed by atoms with Crippen molar-refractivity contribution >= 4 is 16.9 Å². The van der Waals surface area contributed by atoms with Crippen molar-refractivity contribution in [2.45, 2.75) is 18.7 Å². The summed E-state index contributed by atoms with van der Waals surface area (Å²) in [6.45, 7) is 3.72. The molecular formula is C16H14N3O3S-. The molecule has 0 aliphatic heterocycles. The molecule has 0 fully saturated rings. The zero-order valence-corrected chi connectivity index (χ0v) is 13.4. The molecule has 0 bridgehead atoms. The van der Waals surface area contributed by atoms with Crippen molar-refractivity contribution in [2.24, 2.45) is 0 Å². The Balaban J connectivity index is 2.15. The SMILES string of the molecule is Cc1cc(-c2cc(-c3cc(S(=O)[O-])ccc3C)cnc2N)on1. The highest BCUT2D eigenvalue weighted by atomic mass is 32.2. The molecule has 0 radical (unpaired) electrons. The minimum atomic E-state index is -2.29. The van der Waals surface area contributed by atoms with Gasteiger partial charge in [0, 0.05) is 22.7 Å². The van der Waals surface area contributed by atoms with Gasteiger partial charge in [-0.15, -0.1) is 0 Å². The third kappa shape index (κ3) is 3.01. The Labute approximate surface area is 135 Å². The molecule has 3 aromatic rings. The van der Waals surface area contributed by atoms with E-state index >= 15 is 0 Å². The molecule has 0 aliphatic carbocycles. The van der Waals surface area contributed by atoms with Crippen molar-refractivity contribution in [3.8, 4) is 22.5 Å². The first-order chi connectivity index (χ1) is 11.0. The number of anilines is 1. The smallest absolute Gasteiger partial charge is 0.170 e. The first kappa shape index (κ1) is 15.4. The number of benzene rings is 1. The third-order valence-corrected chi connectivity index (χ3v) is 4.16. The molecule has 0 spiro atoms. The maximum atomic E-state index is 11.2. The van der Waals surface area contributed by atoms with Gasteiger partial charge >= 0.3 is 0 Å². The van der Waals surface area contributed by atoms with E-state index in [-0.39, 0.29) is 4.90 Å². The monoisotopic (exact) mass is 328 g/mol. The lowest BCUT2D eigenvalue weighted by Crippen LogP contribution is -1.96. The molecule has 23 heavy (non-hydrogen) atoms. The number of hydrogen-bond donors (Lipinski definition) is 1.